The summed E-state index contributed by atoms with van der Waals surface area (Å²) < 4.78 is 0. The zero-order valence-corrected chi connectivity index (χ0v) is 11.0. The van der Waals surface area contributed by atoms with Gasteiger partial charge in [0.05, 0.1) is 0 Å². The van der Waals surface area contributed by atoms with Gasteiger partial charge in [0.1, 0.15) is 5.82 Å². The van der Waals surface area contributed by atoms with Gasteiger partial charge in [-0.3, -0.25) is 0 Å². The van der Waals surface area contributed by atoms with Gasteiger partial charge in [0.25, 0.3) is 0 Å². The molecule has 0 radical (unpaired) electrons. The zero-order valence-electron chi connectivity index (χ0n) is 11.0. The molecule has 0 fully saturated rings. The molecule has 2 aromatic rings. The summed E-state index contributed by atoms with van der Waals surface area (Å²) >= 11 is 0. The monoisotopic (exact) mass is 242 g/mol. The molecule has 1 heterocycles. The Morgan fingerprint density at radius 2 is 1.78 bits per heavy atom. The van der Waals surface area contributed by atoms with Crippen molar-refractivity contribution in [1.82, 2.24) is 9.97 Å². The van der Waals surface area contributed by atoms with Crippen LogP contribution < -0.4 is 10.6 Å². The Hall–Kier alpha value is -2.10. The van der Waals surface area contributed by atoms with E-state index in [0.717, 1.165) is 18.1 Å². The van der Waals surface area contributed by atoms with Crippen LogP contribution in [0.4, 0.5) is 11.8 Å². The minimum Gasteiger partial charge on any atom is -0.368 e. The van der Waals surface area contributed by atoms with Crippen LogP contribution in [-0.4, -0.2) is 17.0 Å². The molecule has 94 valence electrons. The van der Waals surface area contributed by atoms with E-state index < -0.39 is 0 Å². The van der Waals surface area contributed by atoms with Gasteiger partial charge in [0.2, 0.25) is 5.95 Å². The third-order valence-corrected chi connectivity index (χ3v) is 2.79. The summed E-state index contributed by atoms with van der Waals surface area (Å²) in [6.07, 6.45) is 0. The number of anilines is 2. The molecule has 0 unspecified atom stereocenters. The van der Waals surface area contributed by atoms with E-state index in [-0.39, 0.29) is 0 Å². The van der Waals surface area contributed by atoms with Crippen molar-refractivity contribution in [2.45, 2.75) is 20.4 Å². The lowest BCUT2D eigenvalue weighted by molar-refractivity contribution is 0.889. The van der Waals surface area contributed by atoms with E-state index in [0.29, 0.717) is 5.95 Å². The topological polar surface area (TPSA) is 55.0 Å². The molecule has 0 aliphatic heterocycles. The van der Waals surface area contributed by atoms with Gasteiger partial charge >= 0.3 is 0 Å². The number of benzene rings is 1. The smallest absolute Gasteiger partial charge is 0.222 e. The van der Waals surface area contributed by atoms with Crippen molar-refractivity contribution in [3.63, 3.8) is 0 Å². The fourth-order valence-electron chi connectivity index (χ4n) is 1.82. The molecule has 2 rings (SSSR count). The van der Waals surface area contributed by atoms with E-state index in [1.54, 1.807) is 0 Å². The molecule has 0 spiro atoms. The van der Waals surface area contributed by atoms with E-state index in [1.807, 2.05) is 20.0 Å². The average Bonchev–Trinajstić information content (AvgIpc) is 2.31. The maximum Gasteiger partial charge on any atom is 0.222 e. The zero-order chi connectivity index (χ0) is 13.1. The van der Waals surface area contributed by atoms with E-state index >= 15 is 0 Å². The maximum atomic E-state index is 5.66. The number of nitrogens with zero attached hydrogens (tertiary/aromatic N) is 3. The van der Waals surface area contributed by atoms with Crippen LogP contribution in [-0.2, 0) is 6.54 Å². The average molecular weight is 242 g/mol. The predicted octanol–water partition coefficient (Wildman–Crippen LogP) is 2.31. The molecule has 0 bridgehead atoms. The summed E-state index contributed by atoms with van der Waals surface area (Å²) in [5.41, 5.74) is 9.06. The van der Waals surface area contributed by atoms with Crippen molar-refractivity contribution in [2.75, 3.05) is 17.7 Å². The molecule has 4 nitrogen and oxygen atoms in total. The summed E-state index contributed by atoms with van der Waals surface area (Å²) in [7, 11) is 2.00. The van der Waals surface area contributed by atoms with E-state index in [1.165, 1.54) is 11.1 Å². The fourth-order valence-corrected chi connectivity index (χ4v) is 1.82. The first-order chi connectivity index (χ1) is 8.54. The van der Waals surface area contributed by atoms with Crippen LogP contribution in [0, 0.1) is 13.8 Å². The number of aryl methyl sites for hydroxylation is 2. The Morgan fingerprint density at radius 3 is 2.39 bits per heavy atom. The van der Waals surface area contributed by atoms with Crippen molar-refractivity contribution in [3.8, 4) is 0 Å². The normalized spacial score (nSPS) is 10.4. The Morgan fingerprint density at radius 1 is 1.11 bits per heavy atom. The van der Waals surface area contributed by atoms with Crippen LogP contribution in [0.5, 0.6) is 0 Å². The molecule has 4 heteroatoms. The lowest BCUT2D eigenvalue weighted by Gasteiger charge is -2.18. The SMILES string of the molecule is Cc1ccc(CN(C)c2cc(C)nc(N)n2)cc1. The molecule has 0 aliphatic carbocycles. The standard InChI is InChI=1S/C14H18N4/c1-10-4-6-12(7-5-10)9-18(3)13-8-11(2)16-14(15)17-13/h4-8H,9H2,1-3H3,(H2,15,16,17). The van der Waals surface area contributed by atoms with Gasteiger partial charge < -0.3 is 10.6 Å². The molecule has 0 saturated carbocycles. The number of rotatable bonds is 3. The number of hydrogen-bond acceptors (Lipinski definition) is 4. The van der Waals surface area contributed by atoms with Crippen molar-refractivity contribution in [1.29, 1.82) is 0 Å². The van der Waals surface area contributed by atoms with Gasteiger partial charge in [-0.15, -0.1) is 0 Å². The van der Waals surface area contributed by atoms with Crippen LogP contribution in [0.3, 0.4) is 0 Å². The second kappa shape index (κ2) is 5.04. The molecule has 1 aromatic heterocycles. The third-order valence-electron chi connectivity index (χ3n) is 2.79. The first-order valence-electron chi connectivity index (χ1n) is 5.92. The minimum atomic E-state index is 0.320. The van der Waals surface area contributed by atoms with Gasteiger partial charge in [-0.1, -0.05) is 29.8 Å². The van der Waals surface area contributed by atoms with E-state index in [9.17, 15) is 0 Å². The maximum absolute atomic E-state index is 5.66. The molecule has 0 aliphatic rings. The molecule has 2 N–H and O–H groups in total. The number of nitrogen functional groups attached to an aromatic ring is 1. The quantitative estimate of drug-likeness (QED) is 0.897. The van der Waals surface area contributed by atoms with Gasteiger partial charge in [0, 0.05) is 25.4 Å². The van der Waals surface area contributed by atoms with Crippen LogP contribution in [0.15, 0.2) is 30.3 Å². The van der Waals surface area contributed by atoms with Crippen molar-refractivity contribution < 1.29 is 0 Å². The van der Waals surface area contributed by atoms with Crippen LogP contribution in [0.1, 0.15) is 16.8 Å². The highest BCUT2D eigenvalue weighted by Gasteiger charge is 2.05. The van der Waals surface area contributed by atoms with Crippen molar-refractivity contribution in [2.24, 2.45) is 0 Å². The largest absolute Gasteiger partial charge is 0.368 e. The van der Waals surface area contributed by atoms with E-state index in [4.69, 9.17) is 5.73 Å². The highest BCUT2D eigenvalue weighted by atomic mass is 15.2. The Kier molecular flexibility index (Phi) is 3.46. The molecule has 0 atom stereocenters. The van der Waals surface area contributed by atoms with Gasteiger partial charge in [-0.25, -0.2) is 4.98 Å². The summed E-state index contributed by atoms with van der Waals surface area (Å²) in [4.78, 5) is 10.4. The Labute approximate surface area is 107 Å². The number of hydrogen-bond donors (Lipinski definition) is 1. The van der Waals surface area contributed by atoms with E-state index in [2.05, 4.69) is 46.1 Å². The fraction of sp³-hybridized carbons (Fsp3) is 0.286. The summed E-state index contributed by atoms with van der Waals surface area (Å²) in [6.45, 7) is 4.80. The summed E-state index contributed by atoms with van der Waals surface area (Å²) in [5, 5.41) is 0. The first-order valence-corrected chi connectivity index (χ1v) is 5.92. The van der Waals surface area contributed by atoms with Crippen LogP contribution >= 0.6 is 0 Å². The molecular formula is C14H18N4. The molecule has 0 saturated heterocycles. The van der Waals surface area contributed by atoms with Gasteiger partial charge in [-0.05, 0) is 19.4 Å². The van der Waals surface area contributed by atoms with Crippen molar-refractivity contribution in [3.05, 3.63) is 47.2 Å². The first kappa shape index (κ1) is 12.4. The summed E-state index contributed by atoms with van der Waals surface area (Å²) in [6, 6.07) is 10.4. The molecule has 0 amide bonds. The van der Waals surface area contributed by atoms with Crippen LogP contribution in [0.2, 0.25) is 0 Å². The predicted molar refractivity (Wildman–Crippen MR) is 74.5 cm³/mol. The van der Waals surface area contributed by atoms with Gasteiger partial charge in [-0.2, -0.15) is 4.98 Å². The molecule has 18 heavy (non-hydrogen) atoms. The summed E-state index contributed by atoms with van der Waals surface area (Å²) in [5.74, 6) is 1.17. The highest BCUT2D eigenvalue weighted by Crippen LogP contribution is 2.15. The lowest BCUT2D eigenvalue weighted by atomic mass is 10.1. The second-order valence-corrected chi connectivity index (χ2v) is 4.57. The Bertz CT molecular complexity index is 514. The number of nitrogens with two attached hydrogens (primary N) is 1. The highest BCUT2D eigenvalue weighted by molar-refractivity contribution is 5.43. The lowest BCUT2D eigenvalue weighted by Crippen LogP contribution is -2.18. The second-order valence-electron chi connectivity index (χ2n) is 4.57. The third kappa shape index (κ3) is 2.97. The molecular weight excluding hydrogens is 224 g/mol. The Balaban J connectivity index is 2.16. The van der Waals surface area contributed by atoms with Crippen molar-refractivity contribution >= 4 is 11.8 Å². The minimum absolute atomic E-state index is 0.320. The molecule has 1 aromatic carbocycles. The van der Waals surface area contributed by atoms with Gasteiger partial charge in [0.15, 0.2) is 0 Å². The number of aromatic nitrogens is 2. The van der Waals surface area contributed by atoms with Crippen LogP contribution in [0.25, 0.3) is 0 Å².